The van der Waals surface area contributed by atoms with Crippen LogP contribution >= 0.6 is 0 Å². The second-order valence-electron chi connectivity index (χ2n) is 24.1. The molecule has 0 unspecified atom stereocenters. The van der Waals surface area contributed by atoms with E-state index < -0.39 is 0 Å². The van der Waals surface area contributed by atoms with Gasteiger partial charge in [-0.3, -0.25) is 0 Å². The molecule has 0 atom stereocenters. The molecular weight excluding hydrogens is 1190 g/mol. The molecule has 10 rings (SSSR count). The summed E-state index contributed by atoms with van der Waals surface area (Å²) in [6.45, 7) is 37.6. The van der Waals surface area contributed by atoms with Gasteiger partial charge in [-0.15, -0.1) is 26.3 Å². The smallest absolute Gasteiger partial charge is 0.126 e. The number of phenols is 3. The maximum Gasteiger partial charge on any atom is 0.126 e. The van der Waals surface area contributed by atoms with Crippen LogP contribution in [0.25, 0.3) is 86.0 Å². The molecule has 3 N–H and O–H groups in total. The summed E-state index contributed by atoms with van der Waals surface area (Å²) in [6.07, 6.45) is 33.7. The van der Waals surface area contributed by atoms with Crippen molar-refractivity contribution in [2.24, 2.45) is 0 Å². The third kappa shape index (κ3) is 21.8. The monoisotopic (exact) mass is 1290 g/mol. The van der Waals surface area contributed by atoms with Crippen molar-refractivity contribution in [3.8, 4) is 72.9 Å². The van der Waals surface area contributed by atoms with Crippen molar-refractivity contribution < 1.29 is 15.3 Å². The van der Waals surface area contributed by atoms with E-state index >= 15 is 0 Å². The molecule has 0 aliphatic carbocycles. The van der Waals surface area contributed by atoms with E-state index in [2.05, 4.69) is 236 Å². The minimum absolute atomic E-state index is 0.357. The summed E-state index contributed by atoms with van der Waals surface area (Å²) >= 11 is 0. The number of hydrogen-bond donors (Lipinski definition) is 3. The SMILES string of the molecule is C/C=C(C)/C=C/c1ccccc1-c1ccccc1.C=CCc1c(C)ccc(-c2cccc(/C=C/C)c2)c1C.C=CCc1cc(C)c(O)c(-c2cccc(/C=C/C)c2)c1.C=CCc1ccc(-c2ccc(/C=C/C)cc2)c(O)c1C.C=CCc1ccc(-c2cccc(/C=C/C)c2)c(O)c1C. The first-order valence-electron chi connectivity index (χ1n) is 33.8. The van der Waals surface area contributed by atoms with Crippen molar-refractivity contribution in [1.29, 1.82) is 0 Å². The van der Waals surface area contributed by atoms with Crippen molar-refractivity contribution in [3.05, 3.63) is 371 Å². The van der Waals surface area contributed by atoms with Gasteiger partial charge in [-0.05, 0) is 243 Å². The Labute approximate surface area is 587 Å². The van der Waals surface area contributed by atoms with Crippen LogP contribution in [0.15, 0.2) is 293 Å². The number of hydrogen-bond acceptors (Lipinski definition) is 3. The lowest BCUT2D eigenvalue weighted by molar-refractivity contribution is 0.472. The molecule has 0 saturated carbocycles. The summed E-state index contributed by atoms with van der Waals surface area (Å²) in [7, 11) is 0. The summed E-state index contributed by atoms with van der Waals surface area (Å²) in [5, 5.41) is 31.1. The largest absolute Gasteiger partial charge is 0.507 e. The van der Waals surface area contributed by atoms with Gasteiger partial charge in [0.1, 0.15) is 17.2 Å². The summed E-state index contributed by atoms with van der Waals surface area (Å²) in [5.41, 5.74) is 28.3. The van der Waals surface area contributed by atoms with E-state index in [0.29, 0.717) is 17.2 Å². The van der Waals surface area contributed by atoms with Gasteiger partial charge in [-0.25, -0.2) is 0 Å². The van der Waals surface area contributed by atoms with Crippen molar-refractivity contribution >= 4 is 30.4 Å². The van der Waals surface area contributed by atoms with Gasteiger partial charge in [0, 0.05) is 16.7 Å². The molecule has 0 aromatic heterocycles. The Hall–Kier alpha value is -11.0. The van der Waals surface area contributed by atoms with Crippen LogP contribution in [0.3, 0.4) is 0 Å². The van der Waals surface area contributed by atoms with Crippen molar-refractivity contribution in [1.82, 2.24) is 0 Å². The Kier molecular flexibility index (Phi) is 30.8. The highest BCUT2D eigenvalue weighted by Crippen LogP contribution is 2.38. The second kappa shape index (κ2) is 39.8. The Bertz CT molecular complexity index is 4480. The molecule has 498 valence electrons. The van der Waals surface area contributed by atoms with Crippen molar-refractivity contribution in [2.75, 3.05) is 0 Å². The van der Waals surface area contributed by atoms with Crippen LogP contribution < -0.4 is 0 Å². The highest BCUT2D eigenvalue weighted by molar-refractivity contribution is 5.79. The number of aryl methyl sites for hydroxylation is 2. The molecular formula is C95H100O3. The first kappa shape index (κ1) is 76.0. The molecule has 0 aliphatic heterocycles. The molecule has 0 heterocycles. The molecule has 3 heteroatoms. The first-order chi connectivity index (χ1) is 47.5. The van der Waals surface area contributed by atoms with E-state index in [-0.39, 0.29) is 0 Å². The highest BCUT2D eigenvalue weighted by Gasteiger charge is 2.14. The third-order valence-corrected chi connectivity index (χ3v) is 17.0. The van der Waals surface area contributed by atoms with Crippen LogP contribution in [0.4, 0.5) is 0 Å². The van der Waals surface area contributed by atoms with Crippen molar-refractivity contribution in [3.63, 3.8) is 0 Å². The zero-order valence-corrected chi connectivity index (χ0v) is 59.7. The summed E-state index contributed by atoms with van der Waals surface area (Å²) in [5.74, 6) is 1.08. The van der Waals surface area contributed by atoms with Gasteiger partial charge in [-0.2, -0.15) is 0 Å². The standard InChI is InChI=1S/C20H22.3C19H20O.C18H18/c1-5-8-17-10-7-11-18(14-17)20-13-12-15(3)19(9-6-2)16(20)4;1-4-7-15-9-6-10-17(12-15)18-13-16(8-5-2)11-14(3)19(18)20;1-4-7-15-9-6-10-17(13-15)18-12-11-16(8-5-2)14(3)19(18)20;1-4-6-15-8-10-17(11-9-15)18-13-12-16(7-5-2)14(3)19(18)20;1-3-15(2)13-14-17-11-7-8-12-18(17)16-9-5-4-6-10-16/h5-8,10-14H,2,9H2,1,3-4H3;2*4-7,9-13,20H,2,8H2,1,3H3;4-6,8-13,20H,2,7H2,1,3H3;3-14H,1-2H3/b8-5+;2*7-4+;6-4+;14-13+,15-3+. The average Bonchev–Trinajstić information content (AvgIpc) is 0.838. The lowest BCUT2D eigenvalue weighted by Crippen LogP contribution is -1.95. The van der Waals surface area contributed by atoms with Crippen molar-refractivity contribution in [2.45, 2.75) is 102 Å². The minimum atomic E-state index is 0.357. The zero-order chi connectivity index (χ0) is 70.9. The minimum Gasteiger partial charge on any atom is -0.507 e. The Morgan fingerprint density at radius 1 is 0.337 bits per heavy atom. The fourth-order valence-electron chi connectivity index (χ4n) is 11.5. The fourth-order valence-corrected chi connectivity index (χ4v) is 11.5. The quantitative estimate of drug-likeness (QED) is 0.0558. The average molecular weight is 1290 g/mol. The first-order valence-corrected chi connectivity index (χ1v) is 33.8. The van der Waals surface area contributed by atoms with Crippen LogP contribution in [-0.2, 0) is 25.7 Å². The number of allylic oxidation sites excluding steroid dienone is 11. The van der Waals surface area contributed by atoms with Gasteiger partial charge in [0.15, 0.2) is 0 Å². The van der Waals surface area contributed by atoms with Gasteiger partial charge < -0.3 is 15.3 Å². The lowest BCUT2D eigenvalue weighted by Gasteiger charge is -2.14. The van der Waals surface area contributed by atoms with E-state index in [1.165, 1.54) is 61.2 Å². The molecule has 10 aromatic rings. The van der Waals surface area contributed by atoms with Gasteiger partial charge in [-0.1, -0.05) is 273 Å². The number of aromatic hydroxyl groups is 3. The van der Waals surface area contributed by atoms with Gasteiger partial charge in [0.05, 0.1) is 0 Å². The molecule has 0 fully saturated rings. The molecule has 10 aromatic carbocycles. The zero-order valence-electron chi connectivity index (χ0n) is 59.7. The van der Waals surface area contributed by atoms with Crippen LogP contribution in [0, 0.1) is 34.6 Å². The molecule has 0 aliphatic rings. The van der Waals surface area contributed by atoms with Crippen LogP contribution in [0.5, 0.6) is 17.2 Å². The maximum absolute atomic E-state index is 10.4. The molecule has 0 spiro atoms. The third-order valence-electron chi connectivity index (χ3n) is 17.0. The lowest BCUT2D eigenvalue weighted by atomic mass is 9.91. The van der Waals surface area contributed by atoms with Gasteiger partial charge in [0.25, 0.3) is 0 Å². The van der Waals surface area contributed by atoms with E-state index in [1.807, 2.05) is 158 Å². The summed E-state index contributed by atoms with van der Waals surface area (Å²) < 4.78 is 0. The molecule has 0 saturated heterocycles. The molecule has 98 heavy (non-hydrogen) atoms. The van der Waals surface area contributed by atoms with E-state index in [4.69, 9.17) is 0 Å². The number of benzene rings is 10. The van der Waals surface area contributed by atoms with E-state index in [0.717, 1.165) is 104 Å². The molecule has 0 bridgehead atoms. The number of phenolic OH excluding ortho intramolecular Hbond substituents is 3. The van der Waals surface area contributed by atoms with Crippen LogP contribution in [0.2, 0.25) is 0 Å². The van der Waals surface area contributed by atoms with E-state index in [9.17, 15) is 15.3 Å². The Morgan fingerprint density at radius 3 is 1.28 bits per heavy atom. The predicted molar refractivity (Wildman–Crippen MR) is 431 cm³/mol. The Balaban J connectivity index is 0.000000193. The highest BCUT2D eigenvalue weighted by atomic mass is 16.3. The topological polar surface area (TPSA) is 60.7 Å². The molecule has 3 nitrogen and oxygen atoms in total. The second-order valence-corrected chi connectivity index (χ2v) is 24.1. The molecule has 0 amide bonds. The Morgan fingerprint density at radius 2 is 0.776 bits per heavy atom. The van der Waals surface area contributed by atoms with Crippen LogP contribution in [-0.4, -0.2) is 15.3 Å². The summed E-state index contributed by atoms with van der Waals surface area (Å²) in [6, 6.07) is 68.8. The summed E-state index contributed by atoms with van der Waals surface area (Å²) in [4.78, 5) is 0. The predicted octanol–water partition coefficient (Wildman–Crippen LogP) is 26.5. The normalized spacial score (nSPS) is 11.1. The van der Waals surface area contributed by atoms with Crippen LogP contribution in [0.1, 0.15) is 119 Å². The number of rotatable bonds is 19. The van der Waals surface area contributed by atoms with Gasteiger partial charge in [0.2, 0.25) is 0 Å². The molecule has 0 radical (unpaired) electrons. The van der Waals surface area contributed by atoms with Gasteiger partial charge >= 0.3 is 0 Å². The maximum atomic E-state index is 10.4. The van der Waals surface area contributed by atoms with E-state index in [1.54, 1.807) is 0 Å². The fraction of sp³-hybridized carbons (Fsp3) is 0.158.